The summed E-state index contributed by atoms with van der Waals surface area (Å²) < 4.78 is 0. The van der Waals surface area contributed by atoms with Crippen molar-refractivity contribution in [3.05, 3.63) is 0 Å². The summed E-state index contributed by atoms with van der Waals surface area (Å²) in [6.07, 6.45) is 5.20. The van der Waals surface area contributed by atoms with Crippen LogP contribution in [0.15, 0.2) is 0 Å². The first kappa shape index (κ1) is 12.8. The molecule has 98 valence electrons. The van der Waals surface area contributed by atoms with Crippen molar-refractivity contribution >= 4 is 5.91 Å². The van der Waals surface area contributed by atoms with Gasteiger partial charge in [0, 0.05) is 19.1 Å². The van der Waals surface area contributed by atoms with Crippen molar-refractivity contribution in [2.75, 3.05) is 32.7 Å². The number of rotatable bonds is 4. The highest BCUT2D eigenvalue weighted by atomic mass is 16.2. The third kappa shape index (κ3) is 3.68. The van der Waals surface area contributed by atoms with Gasteiger partial charge in [-0.05, 0) is 51.6 Å². The maximum atomic E-state index is 11.6. The van der Waals surface area contributed by atoms with E-state index in [1.807, 2.05) is 6.92 Å². The Morgan fingerprint density at radius 2 is 2.29 bits per heavy atom. The van der Waals surface area contributed by atoms with E-state index >= 15 is 0 Å². The fourth-order valence-corrected chi connectivity index (χ4v) is 3.13. The lowest BCUT2D eigenvalue weighted by Gasteiger charge is -2.35. The summed E-state index contributed by atoms with van der Waals surface area (Å²) in [5.74, 6) is 0.924. The fourth-order valence-electron chi connectivity index (χ4n) is 3.13. The second kappa shape index (κ2) is 6.36. The molecule has 0 bridgehead atoms. The highest BCUT2D eigenvalue weighted by Crippen LogP contribution is 2.24. The van der Waals surface area contributed by atoms with Gasteiger partial charge in [-0.15, -0.1) is 0 Å². The minimum atomic E-state index is 0.174. The molecule has 2 atom stereocenters. The lowest BCUT2D eigenvalue weighted by molar-refractivity contribution is -0.122. The maximum absolute atomic E-state index is 11.6. The molecule has 0 radical (unpaired) electrons. The van der Waals surface area contributed by atoms with Crippen molar-refractivity contribution in [1.29, 1.82) is 0 Å². The van der Waals surface area contributed by atoms with Crippen LogP contribution in [-0.2, 0) is 4.79 Å². The van der Waals surface area contributed by atoms with E-state index in [0.29, 0.717) is 12.6 Å². The van der Waals surface area contributed by atoms with E-state index < -0.39 is 0 Å². The van der Waals surface area contributed by atoms with Crippen molar-refractivity contribution in [3.63, 3.8) is 0 Å². The molecule has 0 aromatic heterocycles. The minimum Gasteiger partial charge on any atom is -0.355 e. The smallest absolute Gasteiger partial charge is 0.234 e. The van der Waals surface area contributed by atoms with E-state index in [1.165, 1.54) is 32.2 Å². The third-order valence-corrected chi connectivity index (χ3v) is 3.95. The number of amides is 1. The monoisotopic (exact) mass is 239 g/mol. The molecule has 2 unspecified atom stereocenters. The van der Waals surface area contributed by atoms with Crippen molar-refractivity contribution in [2.45, 2.75) is 38.6 Å². The van der Waals surface area contributed by atoms with Gasteiger partial charge < -0.3 is 10.6 Å². The van der Waals surface area contributed by atoms with Gasteiger partial charge in [-0.3, -0.25) is 9.69 Å². The number of nitrogens with zero attached hydrogens (tertiary/aromatic N) is 1. The van der Waals surface area contributed by atoms with Crippen LogP contribution in [0.1, 0.15) is 32.6 Å². The highest BCUT2D eigenvalue weighted by molar-refractivity contribution is 5.77. The van der Waals surface area contributed by atoms with E-state index in [2.05, 4.69) is 15.5 Å². The van der Waals surface area contributed by atoms with Crippen LogP contribution in [0.2, 0.25) is 0 Å². The maximum Gasteiger partial charge on any atom is 0.234 e. The van der Waals surface area contributed by atoms with E-state index in [-0.39, 0.29) is 5.91 Å². The minimum absolute atomic E-state index is 0.174. The third-order valence-electron chi connectivity index (χ3n) is 3.95. The first-order valence-corrected chi connectivity index (χ1v) is 7.02. The van der Waals surface area contributed by atoms with Crippen LogP contribution in [-0.4, -0.2) is 49.6 Å². The SMILES string of the molecule is CCNC(=O)CN1CCCC(C2CCCN2)C1. The molecule has 1 amide bonds. The Bertz CT molecular complexity index is 251. The average molecular weight is 239 g/mol. The summed E-state index contributed by atoms with van der Waals surface area (Å²) in [7, 11) is 0. The summed E-state index contributed by atoms with van der Waals surface area (Å²) in [4.78, 5) is 13.9. The van der Waals surface area contributed by atoms with Crippen LogP contribution in [0.4, 0.5) is 0 Å². The molecule has 2 heterocycles. The number of hydrogen-bond acceptors (Lipinski definition) is 3. The lowest BCUT2D eigenvalue weighted by atomic mass is 9.90. The second-order valence-electron chi connectivity index (χ2n) is 5.29. The van der Waals surface area contributed by atoms with Gasteiger partial charge in [0.1, 0.15) is 0 Å². The average Bonchev–Trinajstić information content (AvgIpc) is 2.83. The molecule has 0 aliphatic carbocycles. The number of likely N-dealkylation sites (tertiary alicyclic amines) is 1. The van der Waals surface area contributed by atoms with Gasteiger partial charge in [0.2, 0.25) is 5.91 Å². The van der Waals surface area contributed by atoms with Crippen molar-refractivity contribution < 1.29 is 4.79 Å². The number of hydrogen-bond donors (Lipinski definition) is 2. The normalized spacial score (nSPS) is 30.4. The van der Waals surface area contributed by atoms with E-state index in [0.717, 1.165) is 25.6 Å². The Morgan fingerprint density at radius 3 is 3.00 bits per heavy atom. The van der Waals surface area contributed by atoms with Crippen LogP contribution < -0.4 is 10.6 Å². The van der Waals surface area contributed by atoms with E-state index in [9.17, 15) is 4.79 Å². The van der Waals surface area contributed by atoms with Crippen molar-refractivity contribution in [3.8, 4) is 0 Å². The van der Waals surface area contributed by atoms with Crippen LogP contribution in [0.25, 0.3) is 0 Å². The Morgan fingerprint density at radius 1 is 1.41 bits per heavy atom. The molecular weight excluding hydrogens is 214 g/mol. The molecule has 2 fully saturated rings. The molecule has 4 nitrogen and oxygen atoms in total. The van der Waals surface area contributed by atoms with E-state index in [4.69, 9.17) is 0 Å². The molecule has 2 aliphatic rings. The van der Waals surface area contributed by atoms with Gasteiger partial charge in [0.25, 0.3) is 0 Å². The number of carbonyl (C=O) groups is 1. The van der Waals surface area contributed by atoms with Gasteiger partial charge in [-0.25, -0.2) is 0 Å². The van der Waals surface area contributed by atoms with E-state index in [1.54, 1.807) is 0 Å². The fraction of sp³-hybridized carbons (Fsp3) is 0.923. The predicted octanol–water partition coefficient (Wildman–Crippen LogP) is 0.587. The van der Waals surface area contributed by atoms with Gasteiger partial charge >= 0.3 is 0 Å². The molecule has 17 heavy (non-hydrogen) atoms. The Balaban J connectivity index is 1.77. The summed E-state index contributed by atoms with van der Waals surface area (Å²) in [6, 6.07) is 0.701. The number of piperidine rings is 1. The first-order valence-electron chi connectivity index (χ1n) is 7.02. The number of likely N-dealkylation sites (N-methyl/N-ethyl adjacent to an activating group) is 1. The van der Waals surface area contributed by atoms with Crippen LogP contribution in [0, 0.1) is 5.92 Å². The van der Waals surface area contributed by atoms with Crippen LogP contribution >= 0.6 is 0 Å². The zero-order valence-electron chi connectivity index (χ0n) is 10.9. The quantitative estimate of drug-likeness (QED) is 0.754. The molecule has 0 aromatic rings. The van der Waals surface area contributed by atoms with Crippen molar-refractivity contribution in [1.82, 2.24) is 15.5 Å². The van der Waals surface area contributed by atoms with Gasteiger partial charge in [0.05, 0.1) is 6.54 Å². The zero-order chi connectivity index (χ0) is 12.1. The largest absolute Gasteiger partial charge is 0.355 e. The summed E-state index contributed by atoms with van der Waals surface area (Å²) >= 11 is 0. The molecule has 0 aromatic carbocycles. The molecule has 2 rings (SSSR count). The highest BCUT2D eigenvalue weighted by Gasteiger charge is 2.29. The second-order valence-corrected chi connectivity index (χ2v) is 5.29. The van der Waals surface area contributed by atoms with Crippen LogP contribution in [0.3, 0.4) is 0 Å². The Kier molecular flexibility index (Phi) is 4.80. The van der Waals surface area contributed by atoms with Crippen LogP contribution in [0.5, 0.6) is 0 Å². The number of carbonyl (C=O) groups excluding carboxylic acids is 1. The van der Waals surface area contributed by atoms with Gasteiger partial charge in [-0.2, -0.15) is 0 Å². The summed E-state index contributed by atoms with van der Waals surface area (Å²) in [5, 5.41) is 6.48. The van der Waals surface area contributed by atoms with Gasteiger partial charge in [0.15, 0.2) is 0 Å². The standard InChI is InChI=1S/C13H25N3O/c1-2-14-13(17)10-16-8-4-5-11(9-16)12-6-3-7-15-12/h11-12,15H,2-10H2,1H3,(H,14,17). The molecule has 2 N–H and O–H groups in total. The Hall–Kier alpha value is -0.610. The molecule has 2 aliphatic heterocycles. The molecule has 0 spiro atoms. The molecule has 4 heteroatoms. The zero-order valence-corrected chi connectivity index (χ0v) is 10.9. The Labute approximate surface area is 104 Å². The summed E-state index contributed by atoms with van der Waals surface area (Å²) in [6.45, 7) is 6.64. The topological polar surface area (TPSA) is 44.4 Å². The lowest BCUT2D eigenvalue weighted by Crippen LogP contribution is -2.46. The van der Waals surface area contributed by atoms with Crippen molar-refractivity contribution in [2.24, 2.45) is 5.92 Å². The molecule has 0 saturated carbocycles. The van der Waals surface area contributed by atoms with Gasteiger partial charge in [-0.1, -0.05) is 0 Å². The number of nitrogens with one attached hydrogen (secondary N) is 2. The summed E-state index contributed by atoms with van der Waals surface area (Å²) in [5.41, 5.74) is 0. The molecule has 2 saturated heterocycles. The predicted molar refractivity (Wildman–Crippen MR) is 68.9 cm³/mol. The first-order chi connectivity index (χ1) is 8.29. The molecular formula is C13H25N3O.